The second-order valence-electron chi connectivity index (χ2n) is 6.56. The minimum atomic E-state index is 0.763. The molecule has 1 N–H and O–H groups in total. The van der Waals surface area contributed by atoms with Gasteiger partial charge in [-0.1, -0.05) is 47.8 Å². The van der Waals surface area contributed by atoms with Gasteiger partial charge in [-0.3, -0.25) is 0 Å². The van der Waals surface area contributed by atoms with Crippen molar-refractivity contribution >= 4 is 15.9 Å². The molecule has 2 saturated carbocycles. The van der Waals surface area contributed by atoms with Crippen molar-refractivity contribution in [1.29, 1.82) is 0 Å². The molecule has 2 aliphatic carbocycles. The van der Waals surface area contributed by atoms with Crippen LogP contribution in [0.15, 0.2) is 28.7 Å². The predicted octanol–water partition coefficient (Wildman–Crippen LogP) is 4.86. The molecule has 3 rings (SSSR count). The second-order valence-corrected chi connectivity index (χ2v) is 7.47. The normalized spacial score (nSPS) is 34.8. The highest BCUT2D eigenvalue weighted by atomic mass is 79.9. The van der Waals surface area contributed by atoms with Gasteiger partial charge in [0.1, 0.15) is 0 Å². The summed E-state index contributed by atoms with van der Waals surface area (Å²) >= 11 is 3.57. The van der Waals surface area contributed by atoms with Crippen molar-refractivity contribution < 1.29 is 0 Å². The summed E-state index contributed by atoms with van der Waals surface area (Å²) in [5, 5.41) is 3.89. The fourth-order valence-corrected chi connectivity index (χ4v) is 4.12. The molecule has 1 nitrogen and oxygen atoms in total. The first-order valence-corrected chi connectivity index (χ1v) is 8.51. The highest BCUT2D eigenvalue weighted by molar-refractivity contribution is 9.10. The molecule has 2 atom stereocenters. The van der Waals surface area contributed by atoms with Gasteiger partial charge < -0.3 is 5.32 Å². The lowest BCUT2D eigenvalue weighted by molar-refractivity contribution is 0.217. The van der Waals surface area contributed by atoms with E-state index < -0.39 is 0 Å². The van der Waals surface area contributed by atoms with Gasteiger partial charge in [0.05, 0.1) is 0 Å². The Labute approximate surface area is 125 Å². The molecule has 0 spiro atoms. The summed E-state index contributed by atoms with van der Waals surface area (Å²) in [5.41, 5.74) is 1.50. The Morgan fingerprint density at radius 3 is 2.68 bits per heavy atom. The summed E-state index contributed by atoms with van der Waals surface area (Å²) in [4.78, 5) is 0. The van der Waals surface area contributed by atoms with Crippen LogP contribution < -0.4 is 5.32 Å². The van der Waals surface area contributed by atoms with Crippen LogP contribution in [0.1, 0.15) is 56.9 Å². The van der Waals surface area contributed by atoms with Crippen LogP contribution in [0.3, 0.4) is 0 Å². The zero-order valence-corrected chi connectivity index (χ0v) is 13.3. The Bertz CT molecular complexity index is 425. The van der Waals surface area contributed by atoms with Crippen LogP contribution in [0.25, 0.3) is 0 Å². The first-order valence-electron chi connectivity index (χ1n) is 7.72. The molecular formula is C17H24BrN. The third-order valence-corrected chi connectivity index (χ3v) is 5.36. The van der Waals surface area contributed by atoms with Crippen molar-refractivity contribution in [3.8, 4) is 0 Å². The largest absolute Gasteiger partial charge is 0.311 e. The average Bonchev–Trinajstić information content (AvgIpc) is 2.33. The number of rotatable bonds is 3. The van der Waals surface area contributed by atoms with Crippen LogP contribution >= 0.6 is 15.9 Å². The minimum absolute atomic E-state index is 0.763. The van der Waals surface area contributed by atoms with Crippen molar-refractivity contribution in [1.82, 2.24) is 5.32 Å². The first kappa shape index (κ1) is 13.6. The molecular weight excluding hydrogens is 298 g/mol. The Hall–Kier alpha value is -0.340. The SMILES string of the molecule is CC1CCCC(NC2CC(c3cccc(Br)c3)C2)C1. The van der Waals surface area contributed by atoms with Gasteiger partial charge in [-0.2, -0.15) is 0 Å². The Morgan fingerprint density at radius 1 is 1.11 bits per heavy atom. The summed E-state index contributed by atoms with van der Waals surface area (Å²) in [6.07, 6.45) is 8.27. The smallest absolute Gasteiger partial charge is 0.0178 e. The number of hydrogen-bond donors (Lipinski definition) is 1. The molecule has 0 amide bonds. The number of benzene rings is 1. The third kappa shape index (κ3) is 3.41. The first-order chi connectivity index (χ1) is 9.20. The van der Waals surface area contributed by atoms with Crippen LogP contribution in [0.4, 0.5) is 0 Å². The Kier molecular flexibility index (Phi) is 4.28. The van der Waals surface area contributed by atoms with Gasteiger partial charge in [0.2, 0.25) is 0 Å². The van der Waals surface area contributed by atoms with Gasteiger partial charge in [0.25, 0.3) is 0 Å². The zero-order chi connectivity index (χ0) is 13.2. The van der Waals surface area contributed by atoms with Gasteiger partial charge in [-0.15, -0.1) is 0 Å². The van der Waals surface area contributed by atoms with E-state index in [9.17, 15) is 0 Å². The van der Waals surface area contributed by atoms with Gasteiger partial charge in [0, 0.05) is 16.6 Å². The summed E-state index contributed by atoms with van der Waals surface area (Å²) in [7, 11) is 0. The van der Waals surface area contributed by atoms with Crippen molar-refractivity contribution in [2.75, 3.05) is 0 Å². The van der Waals surface area contributed by atoms with E-state index in [0.29, 0.717) is 0 Å². The summed E-state index contributed by atoms with van der Waals surface area (Å²) in [6.45, 7) is 2.40. The lowest BCUT2D eigenvalue weighted by Crippen LogP contribution is -2.46. The summed E-state index contributed by atoms with van der Waals surface area (Å²) in [5.74, 6) is 1.70. The van der Waals surface area contributed by atoms with Crippen LogP contribution in [0.5, 0.6) is 0 Å². The molecule has 104 valence electrons. The molecule has 2 fully saturated rings. The van der Waals surface area contributed by atoms with Crippen molar-refractivity contribution in [3.63, 3.8) is 0 Å². The molecule has 0 aliphatic heterocycles. The number of halogens is 1. The molecule has 1 aromatic rings. The standard InChI is InChI=1S/C17H24BrN/c1-12-4-2-7-16(8-12)19-17-10-14(11-17)13-5-3-6-15(18)9-13/h3,5-6,9,12,14,16-17,19H,2,4,7-8,10-11H2,1H3. The van der Waals surface area contributed by atoms with Crippen LogP contribution in [-0.2, 0) is 0 Å². The quantitative estimate of drug-likeness (QED) is 0.838. The van der Waals surface area contributed by atoms with Crippen molar-refractivity contribution in [2.45, 2.75) is 63.5 Å². The van der Waals surface area contributed by atoms with E-state index in [2.05, 4.69) is 52.4 Å². The number of nitrogens with one attached hydrogen (secondary N) is 1. The highest BCUT2D eigenvalue weighted by Crippen LogP contribution is 2.38. The molecule has 0 saturated heterocycles. The van der Waals surface area contributed by atoms with E-state index in [-0.39, 0.29) is 0 Å². The molecule has 1 aromatic carbocycles. The van der Waals surface area contributed by atoms with E-state index in [1.165, 1.54) is 48.6 Å². The van der Waals surface area contributed by atoms with Gasteiger partial charge in [-0.25, -0.2) is 0 Å². The molecule has 2 unspecified atom stereocenters. The highest BCUT2D eigenvalue weighted by Gasteiger charge is 2.32. The fourth-order valence-electron chi connectivity index (χ4n) is 3.71. The summed E-state index contributed by atoms with van der Waals surface area (Å²) < 4.78 is 1.21. The maximum absolute atomic E-state index is 3.89. The van der Waals surface area contributed by atoms with E-state index in [0.717, 1.165) is 23.9 Å². The maximum Gasteiger partial charge on any atom is 0.0178 e. The van der Waals surface area contributed by atoms with E-state index in [1.807, 2.05) is 0 Å². The van der Waals surface area contributed by atoms with E-state index in [1.54, 1.807) is 0 Å². The predicted molar refractivity (Wildman–Crippen MR) is 84.5 cm³/mol. The number of hydrogen-bond acceptors (Lipinski definition) is 1. The second kappa shape index (κ2) is 5.97. The van der Waals surface area contributed by atoms with Gasteiger partial charge >= 0.3 is 0 Å². The summed E-state index contributed by atoms with van der Waals surface area (Å²) in [6, 6.07) is 10.4. The molecule has 0 bridgehead atoms. The topological polar surface area (TPSA) is 12.0 Å². The van der Waals surface area contributed by atoms with Crippen molar-refractivity contribution in [3.05, 3.63) is 34.3 Å². The van der Waals surface area contributed by atoms with Crippen LogP contribution in [0.2, 0.25) is 0 Å². The lowest BCUT2D eigenvalue weighted by atomic mass is 9.75. The molecule has 0 heterocycles. The van der Waals surface area contributed by atoms with E-state index in [4.69, 9.17) is 0 Å². The molecule has 2 heteroatoms. The maximum atomic E-state index is 3.89. The molecule has 0 radical (unpaired) electrons. The van der Waals surface area contributed by atoms with E-state index >= 15 is 0 Å². The van der Waals surface area contributed by atoms with Crippen LogP contribution in [0, 0.1) is 5.92 Å². The minimum Gasteiger partial charge on any atom is -0.311 e. The van der Waals surface area contributed by atoms with Crippen LogP contribution in [-0.4, -0.2) is 12.1 Å². The lowest BCUT2D eigenvalue weighted by Gasteiger charge is -2.40. The average molecular weight is 322 g/mol. The van der Waals surface area contributed by atoms with Gasteiger partial charge in [-0.05, 0) is 55.2 Å². The molecule has 2 aliphatic rings. The fraction of sp³-hybridized carbons (Fsp3) is 0.647. The monoisotopic (exact) mass is 321 g/mol. The Morgan fingerprint density at radius 2 is 1.95 bits per heavy atom. The third-order valence-electron chi connectivity index (χ3n) is 4.87. The zero-order valence-electron chi connectivity index (χ0n) is 11.7. The van der Waals surface area contributed by atoms with Crippen molar-refractivity contribution in [2.24, 2.45) is 5.92 Å². The molecule has 0 aromatic heterocycles. The molecule has 19 heavy (non-hydrogen) atoms. The van der Waals surface area contributed by atoms with Gasteiger partial charge in [0.15, 0.2) is 0 Å². The Balaban J connectivity index is 1.47.